The van der Waals surface area contributed by atoms with Gasteiger partial charge in [0.1, 0.15) is 5.82 Å². The maximum Gasteiger partial charge on any atom is 0.239 e. The number of nitrogens with one attached hydrogen (secondary N) is 1. The van der Waals surface area contributed by atoms with Gasteiger partial charge >= 0.3 is 0 Å². The molecule has 0 aromatic carbocycles. The Morgan fingerprint density at radius 3 is 3.06 bits per heavy atom. The number of methoxy groups -OCH3 is 1. The monoisotopic (exact) mass is 223 g/mol. The Labute approximate surface area is 94.8 Å². The Morgan fingerprint density at radius 1 is 1.62 bits per heavy atom. The highest BCUT2D eigenvalue weighted by Gasteiger charge is 2.24. The van der Waals surface area contributed by atoms with Crippen LogP contribution in [-0.2, 0) is 4.74 Å². The minimum Gasteiger partial charge on any atom is -0.380 e. The van der Waals surface area contributed by atoms with Crippen molar-refractivity contribution in [3.05, 3.63) is 11.8 Å². The van der Waals surface area contributed by atoms with Crippen molar-refractivity contribution in [1.82, 2.24) is 9.97 Å². The molecule has 0 aliphatic carbocycles. The highest BCUT2D eigenvalue weighted by molar-refractivity contribution is 5.49. The topological polar surface area (TPSA) is 76.3 Å². The van der Waals surface area contributed by atoms with E-state index < -0.39 is 0 Å². The second kappa shape index (κ2) is 4.63. The van der Waals surface area contributed by atoms with E-state index in [0.717, 1.165) is 30.9 Å². The first-order valence-corrected chi connectivity index (χ1v) is 5.32. The van der Waals surface area contributed by atoms with Crippen LogP contribution in [0, 0.1) is 6.92 Å². The molecule has 1 saturated heterocycles. The first kappa shape index (κ1) is 11.1. The van der Waals surface area contributed by atoms with Gasteiger partial charge in [-0.15, -0.1) is 0 Å². The van der Waals surface area contributed by atoms with E-state index in [-0.39, 0.29) is 0 Å². The molecule has 3 N–H and O–H groups in total. The number of anilines is 2. The van der Waals surface area contributed by atoms with E-state index in [0.29, 0.717) is 12.1 Å². The lowest BCUT2D eigenvalue weighted by Crippen LogP contribution is -2.25. The highest BCUT2D eigenvalue weighted by Crippen LogP contribution is 2.23. The summed E-state index contributed by atoms with van der Waals surface area (Å²) in [7, 11) is 1.74. The number of hydrazine groups is 1. The average molecular weight is 223 g/mol. The number of nitrogen functional groups attached to an aromatic ring is 1. The molecule has 1 unspecified atom stereocenters. The van der Waals surface area contributed by atoms with Gasteiger partial charge in [-0.25, -0.2) is 10.8 Å². The minimum absolute atomic E-state index is 0.295. The van der Waals surface area contributed by atoms with Gasteiger partial charge in [0.25, 0.3) is 0 Å². The standard InChI is InChI=1S/C10H17N5O/c1-7-5-12-10(14-11)13-9(7)15-4-3-8(6-15)16-2/h5,8H,3-4,6,11H2,1-2H3,(H,12,13,14). The van der Waals surface area contributed by atoms with Gasteiger partial charge in [-0.2, -0.15) is 4.98 Å². The van der Waals surface area contributed by atoms with Crippen molar-refractivity contribution in [1.29, 1.82) is 0 Å². The zero-order chi connectivity index (χ0) is 11.5. The summed E-state index contributed by atoms with van der Waals surface area (Å²) < 4.78 is 5.33. The van der Waals surface area contributed by atoms with Crippen LogP contribution in [0.25, 0.3) is 0 Å². The molecule has 1 aromatic heterocycles. The predicted octanol–water partition coefficient (Wildman–Crippen LogP) is 0.296. The minimum atomic E-state index is 0.295. The molecular weight excluding hydrogens is 206 g/mol. The van der Waals surface area contributed by atoms with E-state index in [4.69, 9.17) is 10.6 Å². The van der Waals surface area contributed by atoms with Crippen molar-refractivity contribution in [2.24, 2.45) is 5.84 Å². The van der Waals surface area contributed by atoms with Crippen LogP contribution < -0.4 is 16.2 Å². The van der Waals surface area contributed by atoms with Gasteiger partial charge in [0.15, 0.2) is 0 Å². The van der Waals surface area contributed by atoms with Crippen molar-refractivity contribution in [2.75, 3.05) is 30.5 Å². The molecule has 6 nitrogen and oxygen atoms in total. The van der Waals surface area contributed by atoms with E-state index in [1.807, 2.05) is 6.92 Å². The Balaban J connectivity index is 2.20. The summed E-state index contributed by atoms with van der Waals surface area (Å²) in [5.74, 6) is 6.68. The van der Waals surface area contributed by atoms with Crippen LogP contribution in [0.4, 0.5) is 11.8 Å². The molecule has 16 heavy (non-hydrogen) atoms. The van der Waals surface area contributed by atoms with Crippen molar-refractivity contribution in [2.45, 2.75) is 19.4 Å². The van der Waals surface area contributed by atoms with Gasteiger partial charge in [-0.1, -0.05) is 0 Å². The molecule has 0 spiro atoms. The summed E-state index contributed by atoms with van der Waals surface area (Å²) in [4.78, 5) is 10.6. The van der Waals surface area contributed by atoms with E-state index in [9.17, 15) is 0 Å². The van der Waals surface area contributed by atoms with Gasteiger partial charge in [0.2, 0.25) is 5.95 Å². The largest absolute Gasteiger partial charge is 0.380 e. The third-order valence-electron chi connectivity index (χ3n) is 2.85. The molecule has 88 valence electrons. The summed E-state index contributed by atoms with van der Waals surface area (Å²) in [5.41, 5.74) is 3.51. The molecule has 0 bridgehead atoms. The zero-order valence-corrected chi connectivity index (χ0v) is 9.60. The fraction of sp³-hybridized carbons (Fsp3) is 0.600. The average Bonchev–Trinajstić information content (AvgIpc) is 2.78. The quantitative estimate of drug-likeness (QED) is 0.567. The Kier molecular flexibility index (Phi) is 3.21. The lowest BCUT2D eigenvalue weighted by molar-refractivity contribution is 0.121. The van der Waals surface area contributed by atoms with Gasteiger partial charge in [-0.3, -0.25) is 5.43 Å². The maximum atomic E-state index is 5.33. The molecule has 2 heterocycles. The number of aromatic nitrogens is 2. The smallest absolute Gasteiger partial charge is 0.239 e. The second-order valence-electron chi connectivity index (χ2n) is 3.94. The van der Waals surface area contributed by atoms with Crippen LogP contribution in [0.15, 0.2) is 6.20 Å². The number of nitrogens with zero attached hydrogens (tertiary/aromatic N) is 3. The molecule has 1 fully saturated rings. The number of hydrogen-bond donors (Lipinski definition) is 2. The predicted molar refractivity (Wildman–Crippen MR) is 62.2 cm³/mol. The van der Waals surface area contributed by atoms with Crippen molar-refractivity contribution >= 4 is 11.8 Å². The molecule has 1 atom stereocenters. The van der Waals surface area contributed by atoms with Gasteiger partial charge in [0.05, 0.1) is 6.10 Å². The number of rotatable bonds is 3. The Hall–Kier alpha value is -1.40. The third kappa shape index (κ3) is 2.07. The fourth-order valence-electron chi connectivity index (χ4n) is 1.94. The Morgan fingerprint density at radius 2 is 2.44 bits per heavy atom. The maximum absolute atomic E-state index is 5.33. The fourth-order valence-corrected chi connectivity index (χ4v) is 1.94. The van der Waals surface area contributed by atoms with Crippen LogP contribution in [0.5, 0.6) is 0 Å². The van der Waals surface area contributed by atoms with Crippen molar-refractivity contribution < 1.29 is 4.74 Å². The first-order chi connectivity index (χ1) is 7.74. The number of aryl methyl sites for hydroxylation is 1. The summed E-state index contributed by atoms with van der Waals surface area (Å²) in [5, 5.41) is 0. The van der Waals surface area contributed by atoms with Gasteiger partial charge in [0, 0.05) is 32.0 Å². The SMILES string of the molecule is COC1CCN(c2nc(NN)ncc2C)C1. The van der Waals surface area contributed by atoms with Crippen LogP contribution in [0.2, 0.25) is 0 Å². The lowest BCUT2D eigenvalue weighted by Gasteiger charge is -2.19. The molecule has 0 radical (unpaired) electrons. The summed E-state index contributed by atoms with van der Waals surface area (Å²) in [6.45, 7) is 3.83. The van der Waals surface area contributed by atoms with Gasteiger partial charge < -0.3 is 9.64 Å². The summed E-state index contributed by atoms with van der Waals surface area (Å²) in [6.07, 6.45) is 3.10. The molecule has 1 aliphatic heterocycles. The normalized spacial score (nSPS) is 20.2. The molecule has 0 amide bonds. The summed E-state index contributed by atoms with van der Waals surface area (Å²) in [6, 6.07) is 0. The van der Waals surface area contributed by atoms with Crippen molar-refractivity contribution in [3.8, 4) is 0 Å². The molecule has 0 saturated carbocycles. The Bertz CT molecular complexity index is 370. The third-order valence-corrected chi connectivity index (χ3v) is 2.85. The van der Waals surface area contributed by atoms with Crippen LogP contribution in [0.1, 0.15) is 12.0 Å². The molecule has 6 heteroatoms. The van der Waals surface area contributed by atoms with E-state index in [2.05, 4.69) is 20.3 Å². The molecule has 1 aliphatic rings. The number of nitrogens with two attached hydrogens (primary N) is 1. The van der Waals surface area contributed by atoms with E-state index in [1.165, 1.54) is 0 Å². The summed E-state index contributed by atoms with van der Waals surface area (Å²) >= 11 is 0. The highest BCUT2D eigenvalue weighted by atomic mass is 16.5. The van der Waals surface area contributed by atoms with Crippen molar-refractivity contribution in [3.63, 3.8) is 0 Å². The van der Waals surface area contributed by atoms with Crippen LogP contribution in [-0.4, -0.2) is 36.3 Å². The number of hydrogen-bond acceptors (Lipinski definition) is 6. The first-order valence-electron chi connectivity index (χ1n) is 5.32. The molecule has 1 aromatic rings. The number of ether oxygens (including phenoxy) is 1. The van der Waals surface area contributed by atoms with E-state index in [1.54, 1.807) is 13.3 Å². The van der Waals surface area contributed by atoms with Crippen LogP contribution in [0.3, 0.4) is 0 Å². The van der Waals surface area contributed by atoms with Gasteiger partial charge in [-0.05, 0) is 13.3 Å². The molecular formula is C10H17N5O. The second-order valence-corrected chi connectivity index (χ2v) is 3.94. The molecule has 2 rings (SSSR count). The van der Waals surface area contributed by atoms with Crippen LogP contribution >= 0.6 is 0 Å². The van der Waals surface area contributed by atoms with E-state index >= 15 is 0 Å². The lowest BCUT2D eigenvalue weighted by atomic mass is 10.3. The zero-order valence-electron chi connectivity index (χ0n) is 9.60.